The standard InChI is InChI=1S/C21H23N7O/c1-16-3-5-17(6-4-16)15-24-19-8-7-18(25-26-19)20(29)27-11-13-28(14-12-27)21-22-9-2-10-23-21/h2-10H,11-15H2,1H3,(H,24,26). The number of aromatic nitrogens is 4. The van der Waals surface area contributed by atoms with Gasteiger partial charge in [0.25, 0.3) is 5.91 Å². The molecule has 0 bridgehead atoms. The Bertz CT molecular complexity index is 937. The Hall–Kier alpha value is -3.55. The monoisotopic (exact) mass is 389 g/mol. The van der Waals surface area contributed by atoms with Crippen molar-refractivity contribution in [3.8, 4) is 0 Å². The third-order valence-corrected chi connectivity index (χ3v) is 4.88. The molecule has 148 valence electrons. The van der Waals surface area contributed by atoms with Crippen molar-refractivity contribution in [1.29, 1.82) is 0 Å². The molecule has 0 atom stereocenters. The Morgan fingerprint density at radius 3 is 2.34 bits per heavy atom. The molecule has 3 aromatic rings. The second-order valence-corrected chi connectivity index (χ2v) is 6.97. The first kappa shape index (κ1) is 18.8. The first-order valence-electron chi connectivity index (χ1n) is 9.63. The minimum absolute atomic E-state index is 0.101. The summed E-state index contributed by atoms with van der Waals surface area (Å²) in [7, 11) is 0. The maximum atomic E-state index is 12.7. The summed E-state index contributed by atoms with van der Waals surface area (Å²) in [4.78, 5) is 25.1. The van der Waals surface area contributed by atoms with Gasteiger partial charge in [-0.2, -0.15) is 0 Å². The molecule has 1 aliphatic heterocycles. The minimum atomic E-state index is -0.101. The SMILES string of the molecule is Cc1ccc(CNc2ccc(C(=O)N3CCN(c4ncccn4)CC3)nn2)cc1. The largest absolute Gasteiger partial charge is 0.365 e. The van der Waals surface area contributed by atoms with E-state index in [0.717, 1.165) is 5.56 Å². The lowest BCUT2D eigenvalue weighted by molar-refractivity contribution is 0.0739. The molecule has 0 aliphatic carbocycles. The minimum Gasteiger partial charge on any atom is -0.365 e. The molecule has 0 radical (unpaired) electrons. The van der Waals surface area contributed by atoms with Crippen LogP contribution in [0.25, 0.3) is 0 Å². The molecule has 1 fully saturated rings. The van der Waals surface area contributed by atoms with Gasteiger partial charge in [0.15, 0.2) is 5.69 Å². The fraction of sp³-hybridized carbons (Fsp3) is 0.286. The van der Waals surface area contributed by atoms with E-state index in [1.807, 2.05) is 0 Å². The molecule has 3 heterocycles. The molecule has 0 saturated carbocycles. The van der Waals surface area contributed by atoms with Crippen LogP contribution in [-0.2, 0) is 6.54 Å². The summed E-state index contributed by atoms with van der Waals surface area (Å²) in [6.45, 7) is 5.32. The average Bonchev–Trinajstić information content (AvgIpc) is 2.79. The van der Waals surface area contributed by atoms with E-state index in [0.29, 0.717) is 50.2 Å². The normalized spacial score (nSPS) is 14.0. The summed E-state index contributed by atoms with van der Waals surface area (Å²) in [6.07, 6.45) is 3.45. The molecule has 1 aromatic carbocycles. The van der Waals surface area contributed by atoms with Gasteiger partial charge < -0.3 is 15.1 Å². The highest BCUT2D eigenvalue weighted by Crippen LogP contribution is 2.13. The summed E-state index contributed by atoms with van der Waals surface area (Å²) in [5.74, 6) is 1.24. The molecule has 8 nitrogen and oxygen atoms in total. The van der Waals surface area contributed by atoms with Crippen molar-refractivity contribution in [3.05, 3.63) is 71.7 Å². The van der Waals surface area contributed by atoms with Gasteiger partial charge in [-0.1, -0.05) is 29.8 Å². The lowest BCUT2D eigenvalue weighted by Gasteiger charge is -2.34. The predicted octanol–water partition coefficient (Wildman–Crippen LogP) is 2.15. The van der Waals surface area contributed by atoms with Crippen molar-refractivity contribution in [1.82, 2.24) is 25.1 Å². The number of rotatable bonds is 5. The van der Waals surface area contributed by atoms with E-state index in [1.165, 1.54) is 5.56 Å². The average molecular weight is 389 g/mol. The van der Waals surface area contributed by atoms with Gasteiger partial charge in [0, 0.05) is 45.1 Å². The van der Waals surface area contributed by atoms with E-state index in [2.05, 4.69) is 61.6 Å². The van der Waals surface area contributed by atoms with E-state index in [-0.39, 0.29) is 5.91 Å². The van der Waals surface area contributed by atoms with E-state index in [4.69, 9.17) is 0 Å². The summed E-state index contributed by atoms with van der Waals surface area (Å²) in [5, 5.41) is 11.5. The third kappa shape index (κ3) is 4.66. The zero-order chi connectivity index (χ0) is 20.1. The quantitative estimate of drug-likeness (QED) is 0.715. The van der Waals surface area contributed by atoms with Crippen molar-refractivity contribution >= 4 is 17.7 Å². The smallest absolute Gasteiger partial charge is 0.274 e. The molecule has 2 aromatic heterocycles. The number of nitrogens with one attached hydrogen (secondary N) is 1. The zero-order valence-electron chi connectivity index (χ0n) is 16.3. The van der Waals surface area contributed by atoms with Crippen LogP contribution in [0, 0.1) is 6.92 Å². The number of hydrogen-bond acceptors (Lipinski definition) is 7. The highest BCUT2D eigenvalue weighted by molar-refractivity contribution is 5.92. The molecule has 8 heteroatoms. The third-order valence-electron chi connectivity index (χ3n) is 4.88. The van der Waals surface area contributed by atoms with Gasteiger partial charge in [-0.15, -0.1) is 10.2 Å². The van der Waals surface area contributed by atoms with Crippen molar-refractivity contribution < 1.29 is 4.79 Å². The van der Waals surface area contributed by atoms with Gasteiger partial charge in [-0.25, -0.2) is 9.97 Å². The lowest BCUT2D eigenvalue weighted by atomic mass is 10.1. The summed E-state index contributed by atoms with van der Waals surface area (Å²) >= 11 is 0. The predicted molar refractivity (Wildman–Crippen MR) is 111 cm³/mol. The van der Waals surface area contributed by atoms with Gasteiger partial charge in [0.1, 0.15) is 5.82 Å². The number of carbonyl (C=O) groups is 1. The highest BCUT2D eigenvalue weighted by Gasteiger charge is 2.24. The topological polar surface area (TPSA) is 87.1 Å². The van der Waals surface area contributed by atoms with Crippen LogP contribution in [0.15, 0.2) is 54.9 Å². The number of hydrogen-bond donors (Lipinski definition) is 1. The number of aryl methyl sites for hydroxylation is 1. The number of anilines is 2. The molecule has 0 unspecified atom stereocenters. The molecular formula is C21H23N7O. The Balaban J connectivity index is 1.31. The maximum absolute atomic E-state index is 12.7. The number of amides is 1. The molecule has 1 N–H and O–H groups in total. The van der Waals surface area contributed by atoms with Crippen molar-refractivity contribution in [3.63, 3.8) is 0 Å². The highest BCUT2D eigenvalue weighted by atomic mass is 16.2. The Labute approximate surface area is 169 Å². The second-order valence-electron chi connectivity index (χ2n) is 6.97. The molecule has 1 aliphatic rings. The van der Waals surface area contributed by atoms with Crippen molar-refractivity contribution in [2.24, 2.45) is 0 Å². The number of piperazine rings is 1. The van der Waals surface area contributed by atoms with Gasteiger partial charge in [0.2, 0.25) is 5.95 Å². The van der Waals surface area contributed by atoms with Gasteiger partial charge in [-0.05, 0) is 30.7 Å². The van der Waals surface area contributed by atoms with Crippen LogP contribution < -0.4 is 10.2 Å². The second kappa shape index (κ2) is 8.64. The maximum Gasteiger partial charge on any atom is 0.274 e. The Morgan fingerprint density at radius 1 is 0.966 bits per heavy atom. The fourth-order valence-electron chi connectivity index (χ4n) is 3.17. The van der Waals surface area contributed by atoms with E-state index in [1.54, 1.807) is 35.5 Å². The number of carbonyl (C=O) groups excluding carboxylic acids is 1. The Morgan fingerprint density at radius 2 is 1.69 bits per heavy atom. The van der Waals surface area contributed by atoms with Crippen LogP contribution in [0.2, 0.25) is 0 Å². The summed E-state index contributed by atoms with van der Waals surface area (Å²) < 4.78 is 0. The van der Waals surface area contributed by atoms with Gasteiger partial charge in [-0.3, -0.25) is 4.79 Å². The molecule has 0 spiro atoms. The van der Waals surface area contributed by atoms with E-state index in [9.17, 15) is 4.79 Å². The number of benzene rings is 1. The molecule has 1 saturated heterocycles. The first-order valence-corrected chi connectivity index (χ1v) is 9.63. The number of nitrogens with zero attached hydrogens (tertiary/aromatic N) is 6. The van der Waals surface area contributed by atoms with Crippen molar-refractivity contribution in [2.45, 2.75) is 13.5 Å². The van der Waals surface area contributed by atoms with Crippen LogP contribution in [0.5, 0.6) is 0 Å². The van der Waals surface area contributed by atoms with Crippen LogP contribution in [0.1, 0.15) is 21.6 Å². The summed E-state index contributed by atoms with van der Waals surface area (Å²) in [5.41, 5.74) is 2.75. The Kier molecular flexibility index (Phi) is 5.60. The molecular weight excluding hydrogens is 366 g/mol. The van der Waals surface area contributed by atoms with Crippen LogP contribution >= 0.6 is 0 Å². The lowest BCUT2D eigenvalue weighted by Crippen LogP contribution is -2.49. The molecule has 1 amide bonds. The van der Waals surface area contributed by atoms with Crippen molar-refractivity contribution in [2.75, 3.05) is 36.4 Å². The van der Waals surface area contributed by atoms with Crippen LogP contribution in [-0.4, -0.2) is 57.2 Å². The van der Waals surface area contributed by atoms with Gasteiger partial charge in [0.05, 0.1) is 0 Å². The van der Waals surface area contributed by atoms with Crippen LogP contribution in [0.3, 0.4) is 0 Å². The summed E-state index contributed by atoms with van der Waals surface area (Å²) in [6, 6.07) is 13.6. The zero-order valence-corrected chi connectivity index (χ0v) is 16.3. The van der Waals surface area contributed by atoms with Crippen LogP contribution in [0.4, 0.5) is 11.8 Å². The van der Waals surface area contributed by atoms with E-state index < -0.39 is 0 Å². The van der Waals surface area contributed by atoms with E-state index >= 15 is 0 Å². The molecule has 4 rings (SSSR count). The molecule has 29 heavy (non-hydrogen) atoms. The fourth-order valence-corrected chi connectivity index (χ4v) is 3.17. The van der Waals surface area contributed by atoms with Gasteiger partial charge >= 0.3 is 0 Å². The first-order chi connectivity index (χ1) is 14.2.